The average Bonchev–Trinajstić information content (AvgIpc) is 3.02. The normalized spacial score (nSPS) is 13.0. The van der Waals surface area contributed by atoms with Gasteiger partial charge in [0.1, 0.15) is 16.5 Å². The summed E-state index contributed by atoms with van der Waals surface area (Å²) in [6.07, 6.45) is 0. The number of hydrogen-bond acceptors (Lipinski definition) is 6. The van der Waals surface area contributed by atoms with E-state index in [0.717, 1.165) is 6.07 Å². The van der Waals surface area contributed by atoms with Crippen molar-refractivity contribution in [1.29, 1.82) is 0 Å². The largest absolute Gasteiger partial charge is 0.379 e. The van der Waals surface area contributed by atoms with E-state index < -0.39 is 27.7 Å². The molecule has 30 heavy (non-hydrogen) atoms. The minimum Gasteiger partial charge on any atom is -0.379 e. The molecule has 0 radical (unpaired) electrons. The minimum absolute atomic E-state index is 0.0494. The summed E-state index contributed by atoms with van der Waals surface area (Å²) in [5.41, 5.74) is 0.579. The molecule has 0 spiro atoms. The first-order chi connectivity index (χ1) is 14.2. The Bertz CT molecular complexity index is 1300. The Hall–Kier alpha value is -3.85. The van der Waals surface area contributed by atoms with Gasteiger partial charge in [0.15, 0.2) is 5.78 Å². The van der Waals surface area contributed by atoms with E-state index in [-0.39, 0.29) is 38.7 Å². The molecule has 1 heterocycles. The monoisotopic (exact) mass is 425 g/mol. The van der Waals surface area contributed by atoms with Gasteiger partial charge in [-0.3, -0.25) is 19.7 Å². The van der Waals surface area contributed by atoms with Gasteiger partial charge in [-0.05, 0) is 66.7 Å². The fraction of sp³-hybridized carbons (Fsp3) is 0. The maximum atomic E-state index is 13.0. The second-order valence-electron chi connectivity index (χ2n) is 6.39. The van der Waals surface area contributed by atoms with Crippen molar-refractivity contribution in [2.24, 2.45) is 0 Å². The highest BCUT2D eigenvalue weighted by Crippen LogP contribution is 2.24. The molecule has 0 aromatic heterocycles. The van der Waals surface area contributed by atoms with E-state index in [4.69, 9.17) is 4.18 Å². The van der Waals surface area contributed by atoms with Gasteiger partial charge in [-0.15, -0.1) is 0 Å². The Morgan fingerprint density at radius 3 is 2.00 bits per heavy atom. The third-order valence-electron chi connectivity index (χ3n) is 4.42. The van der Waals surface area contributed by atoms with Crippen LogP contribution >= 0.6 is 0 Å². The predicted octanol–water partition coefficient (Wildman–Crippen LogP) is 2.71. The molecule has 0 saturated heterocycles. The molecule has 150 valence electrons. The van der Waals surface area contributed by atoms with Gasteiger partial charge >= 0.3 is 10.1 Å². The second-order valence-corrected chi connectivity index (χ2v) is 7.93. The van der Waals surface area contributed by atoms with Gasteiger partial charge in [-0.1, -0.05) is 0 Å². The van der Waals surface area contributed by atoms with Crippen LogP contribution in [0.3, 0.4) is 0 Å². The van der Waals surface area contributed by atoms with Crippen LogP contribution in [0.1, 0.15) is 36.6 Å². The zero-order chi connectivity index (χ0) is 21.5. The summed E-state index contributed by atoms with van der Waals surface area (Å²) in [5.74, 6) is -2.16. The summed E-state index contributed by atoms with van der Waals surface area (Å²) < 4.78 is 43.1. The Balaban J connectivity index is 1.55. The van der Waals surface area contributed by atoms with Gasteiger partial charge in [0.25, 0.3) is 11.8 Å². The van der Waals surface area contributed by atoms with Crippen molar-refractivity contribution in [2.75, 3.05) is 0 Å². The van der Waals surface area contributed by atoms with E-state index in [1.165, 1.54) is 60.7 Å². The van der Waals surface area contributed by atoms with Crippen molar-refractivity contribution in [2.45, 2.75) is 4.90 Å². The van der Waals surface area contributed by atoms with Crippen LogP contribution in [0.5, 0.6) is 5.75 Å². The molecule has 1 N–H and O–H groups in total. The summed E-state index contributed by atoms with van der Waals surface area (Å²) in [6, 6.07) is 13.9. The summed E-state index contributed by atoms with van der Waals surface area (Å²) in [5, 5.41) is 2.08. The lowest BCUT2D eigenvalue weighted by atomic mass is 10.0. The van der Waals surface area contributed by atoms with Gasteiger partial charge in [-0.25, -0.2) is 4.39 Å². The number of halogens is 1. The zero-order valence-electron chi connectivity index (χ0n) is 15.1. The van der Waals surface area contributed by atoms with Crippen molar-refractivity contribution >= 4 is 27.7 Å². The number of amides is 2. The standard InChI is InChI=1S/C21H12FNO6S/c22-14-5-1-12(2-6-14)19(24)13-3-7-15(8-4-13)29-30(27,28)16-9-10-17-18(11-16)21(26)23-20(17)25/h1-11H,(H,23,25,26). The first-order valence-electron chi connectivity index (χ1n) is 8.59. The number of carbonyl (C=O) groups is 3. The maximum absolute atomic E-state index is 13.0. The van der Waals surface area contributed by atoms with Crippen LogP contribution in [0.4, 0.5) is 4.39 Å². The second kappa shape index (κ2) is 7.20. The van der Waals surface area contributed by atoms with Gasteiger partial charge in [0.05, 0.1) is 11.1 Å². The summed E-state index contributed by atoms with van der Waals surface area (Å²) >= 11 is 0. The maximum Gasteiger partial charge on any atom is 0.339 e. The molecule has 9 heteroatoms. The molecule has 7 nitrogen and oxygen atoms in total. The molecule has 0 aliphatic carbocycles. The molecule has 3 aromatic carbocycles. The van der Waals surface area contributed by atoms with Crippen molar-refractivity contribution in [3.8, 4) is 5.75 Å². The Kier molecular flexibility index (Phi) is 4.67. The molecule has 0 bridgehead atoms. The topological polar surface area (TPSA) is 107 Å². The van der Waals surface area contributed by atoms with Gasteiger partial charge < -0.3 is 4.18 Å². The number of imide groups is 1. The number of ketones is 1. The van der Waals surface area contributed by atoms with Crippen molar-refractivity contribution in [3.63, 3.8) is 0 Å². The van der Waals surface area contributed by atoms with Gasteiger partial charge in [0, 0.05) is 11.1 Å². The van der Waals surface area contributed by atoms with Crippen LogP contribution in [0.2, 0.25) is 0 Å². The Morgan fingerprint density at radius 2 is 1.37 bits per heavy atom. The Morgan fingerprint density at radius 1 is 0.800 bits per heavy atom. The third kappa shape index (κ3) is 3.58. The number of hydrogen-bond donors (Lipinski definition) is 1. The van der Waals surface area contributed by atoms with E-state index in [2.05, 4.69) is 5.32 Å². The van der Waals surface area contributed by atoms with Crippen LogP contribution in [-0.2, 0) is 10.1 Å². The summed E-state index contributed by atoms with van der Waals surface area (Å²) in [4.78, 5) is 35.4. The van der Waals surface area contributed by atoms with Crippen LogP contribution in [0.25, 0.3) is 0 Å². The van der Waals surface area contributed by atoms with Crippen LogP contribution < -0.4 is 9.50 Å². The van der Waals surface area contributed by atoms with E-state index in [9.17, 15) is 27.2 Å². The van der Waals surface area contributed by atoms with Crippen LogP contribution in [0.15, 0.2) is 71.6 Å². The highest BCUT2D eigenvalue weighted by atomic mass is 32.2. The molecule has 0 atom stereocenters. The first-order valence-corrected chi connectivity index (χ1v) is 10.00. The number of rotatable bonds is 5. The third-order valence-corrected chi connectivity index (χ3v) is 5.67. The molecule has 2 amide bonds. The van der Waals surface area contributed by atoms with E-state index >= 15 is 0 Å². The molecule has 3 aromatic rings. The molecule has 0 saturated carbocycles. The summed E-state index contributed by atoms with van der Waals surface area (Å²) in [6.45, 7) is 0. The Labute approximate surface area is 170 Å². The lowest BCUT2D eigenvalue weighted by Gasteiger charge is -2.08. The van der Waals surface area contributed by atoms with E-state index in [1.54, 1.807) is 0 Å². The lowest BCUT2D eigenvalue weighted by molar-refractivity contribution is 0.0878. The smallest absolute Gasteiger partial charge is 0.339 e. The van der Waals surface area contributed by atoms with Gasteiger partial charge in [-0.2, -0.15) is 8.42 Å². The molecular weight excluding hydrogens is 413 g/mol. The zero-order valence-corrected chi connectivity index (χ0v) is 15.9. The fourth-order valence-electron chi connectivity index (χ4n) is 2.91. The van der Waals surface area contributed by atoms with E-state index in [0.29, 0.717) is 0 Å². The van der Waals surface area contributed by atoms with Crippen molar-refractivity contribution < 1.29 is 31.4 Å². The quantitative estimate of drug-likeness (QED) is 0.383. The lowest BCUT2D eigenvalue weighted by Crippen LogP contribution is -2.19. The summed E-state index contributed by atoms with van der Waals surface area (Å²) in [7, 11) is -4.28. The molecule has 4 rings (SSSR count). The fourth-order valence-corrected chi connectivity index (χ4v) is 3.86. The average molecular weight is 425 g/mol. The van der Waals surface area contributed by atoms with Crippen LogP contribution in [-0.4, -0.2) is 26.0 Å². The number of fused-ring (bicyclic) bond motifs is 1. The van der Waals surface area contributed by atoms with E-state index in [1.807, 2.05) is 0 Å². The van der Waals surface area contributed by atoms with Crippen LogP contribution in [0, 0.1) is 5.82 Å². The number of carbonyl (C=O) groups excluding carboxylic acids is 3. The SMILES string of the molecule is O=C(c1ccc(F)cc1)c1ccc(OS(=O)(=O)c2ccc3c(c2)C(=O)NC3=O)cc1. The highest BCUT2D eigenvalue weighted by Gasteiger charge is 2.29. The van der Waals surface area contributed by atoms with Crippen molar-refractivity contribution in [3.05, 3.63) is 94.8 Å². The molecule has 0 unspecified atom stereocenters. The highest BCUT2D eigenvalue weighted by molar-refractivity contribution is 7.87. The van der Waals surface area contributed by atoms with Crippen molar-refractivity contribution in [1.82, 2.24) is 5.32 Å². The predicted molar refractivity (Wildman–Crippen MR) is 102 cm³/mol. The molecule has 0 fully saturated rings. The number of nitrogens with one attached hydrogen (secondary N) is 1. The first kappa shape index (κ1) is 19.5. The molecular formula is C21H12FNO6S. The van der Waals surface area contributed by atoms with Gasteiger partial charge in [0.2, 0.25) is 0 Å². The molecule has 1 aliphatic heterocycles. The number of benzene rings is 3. The molecule has 1 aliphatic rings. The minimum atomic E-state index is -4.28.